The summed E-state index contributed by atoms with van der Waals surface area (Å²) < 4.78 is 0. The molecule has 0 unspecified atom stereocenters. The van der Waals surface area contributed by atoms with Crippen LogP contribution in [0.3, 0.4) is 0 Å². The first-order valence-corrected chi connectivity index (χ1v) is 8.02. The largest absolute Gasteiger partial charge is 0.507 e. The molecular weight excluding hydrogens is 348 g/mol. The molecule has 0 heterocycles. The van der Waals surface area contributed by atoms with Gasteiger partial charge in [-0.05, 0) is 6.08 Å². The van der Waals surface area contributed by atoms with Gasteiger partial charge < -0.3 is 15.3 Å². The van der Waals surface area contributed by atoms with Gasteiger partial charge in [-0.3, -0.25) is 14.4 Å². The fourth-order valence-electron chi connectivity index (χ4n) is 3.19. The molecule has 132 valence electrons. The van der Waals surface area contributed by atoms with Gasteiger partial charge in [0.05, 0.1) is 11.1 Å². The normalized spacial score (nSPS) is 15.4. The van der Waals surface area contributed by atoms with E-state index in [9.17, 15) is 29.7 Å². The van der Waals surface area contributed by atoms with Crippen molar-refractivity contribution in [2.75, 3.05) is 0 Å². The Balaban J connectivity index is 1.99. The second-order valence-corrected chi connectivity index (χ2v) is 6.10. The van der Waals surface area contributed by atoms with E-state index in [4.69, 9.17) is 0 Å². The van der Waals surface area contributed by atoms with Crippen LogP contribution < -0.4 is 0 Å². The van der Waals surface area contributed by atoms with Gasteiger partial charge in [0.15, 0.2) is 17.3 Å². The summed E-state index contributed by atoms with van der Waals surface area (Å²) in [7, 11) is 0. The molecule has 1 aliphatic carbocycles. The van der Waals surface area contributed by atoms with Crippen LogP contribution in [0.4, 0.5) is 0 Å². The highest BCUT2D eigenvalue weighted by Crippen LogP contribution is 2.45. The lowest BCUT2D eigenvalue weighted by Crippen LogP contribution is -2.29. The number of hydrogen-bond donors (Lipinski definition) is 3. The van der Waals surface area contributed by atoms with Crippen LogP contribution in [0.25, 0.3) is 16.8 Å². The maximum atomic E-state index is 12.7. The molecule has 0 bridgehead atoms. The zero-order valence-electron chi connectivity index (χ0n) is 13.8. The summed E-state index contributed by atoms with van der Waals surface area (Å²) in [4.78, 5) is 37.4. The van der Waals surface area contributed by atoms with E-state index in [0.717, 1.165) is 6.08 Å². The second kappa shape index (κ2) is 5.81. The average Bonchev–Trinajstić information content (AvgIpc) is 2.70. The number of phenolic OH excluding ortho intramolecular Hbond substituents is 3. The highest BCUT2D eigenvalue weighted by Gasteiger charge is 2.36. The molecule has 6 nitrogen and oxygen atoms in total. The SMILES string of the molecule is O=C1C(=O)c2ccccc2C(=O)/C1=C/c1c(O)c(O)c2ccccc2c1O. The van der Waals surface area contributed by atoms with Crippen molar-refractivity contribution in [1.29, 1.82) is 0 Å². The molecular formula is C21H12O6. The van der Waals surface area contributed by atoms with Crippen molar-refractivity contribution < 1.29 is 29.7 Å². The number of fused-ring (bicyclic) bond motifs is 2. The second-order valence-electron chi connectivity index (χ2n) is 6.10. The van der Waals surface area contributed by atoms with Crippen molar-refractivity contribution in [3.05, 3.63) is 70.8 Å². The first-order valence-electron chi connectivity index (χ1n) is 8.02. The standard InChI is InChI=1S/C21H12O6/c22-16-10-5-1-3-7-12(10)18(24)20(26)14(16)9-15-17(23)11-6-2-4-8-13(11)19(25)21(15)27/h1-9,22,24,26H/b15-9-. The number of carbonyl (C=O) groups excluding carboxylic acids is 3. The van der Waals surface area contributed by atoms with Crippen LogP contribution >= 0.6 is 0 Å². The number of carbonyl (C=O) groups is 3. The van der Waals surface area contributed by atoms with Crippen LogP contribution in [-0.2, 0) is 4.79 Å². The van der Waals surface area contributed by atoms with Crippen molar-refractivity contribution in [2.24, 2.45) is 0 Å². The van der Waals surface area contributed by atoms with Gasteiger partial charge >= 0.3 is 0 Å². The molecule has 3 N–H and O–H groups in total. The smallest absolute Gasteiger partial charge is 0.237 e. The third-order valence-electron chi connectivity index (χ3n) is 4.57. The van der Waals surface area contributed by atoms with Gasteiger partial charge in [-0.2, -0.15) is 0 Å². The maximum absolute atomic E-state index is 12.7. The van der Waals surface area contributed by atoms with Crippen LogP contribution in [0, 0.1) is 0 Å². The molecule has 0 saturated carbocycles. The van der Waals surface area contributed by atoms with Crippen LogP contribution in [0.15, 0.2) is 54.1 Å². The minimum atomic E-state index is -1.04. The van der Waals surface area contributed by atoms with E-state index in [1.165, 1.54) is 24.3 Å². The predicted octanol–water partition coefficient (Wildman–Crippen LogP) is 2.99. The molecule has 27 heavy (non-hydrogen) atoms. The highest BCUT2D eigenvalue weighted by molar-refractivity contribution is 6.60. The quantitative estimate of drug-likeness (QED) is 0.202. The molecule has 1 aliphatic rings. The lowest BCUT2D eigenvalue weighted by atomic mass is 9.84. The Hall–Kier alpha value is -3.93. The molecule has 6 heteroatoms. The summed E-state index contributed by atoms with van der Waals surface area (Å²) in [6.45, 7) is 0. The van der Waals surface area contributed by atoms with Gasteiger partial charge in [0.25, 0.3) is 0 Å². The molecule has 0 amide bonds. The molecule has 4 rings (SSSR count). The Morgan fingerprint density at radius 2 is 1.11 bits per heavy atom. The average molecular weight is 360 g/mol. The van der Waals surface area contributed by atoms with Gasteiger partial charge in [-0.1, -0.05) is 48.5 Å². The Morgan fingerprint density at radius 1 is 0.593 bits per heavy atom. The Kier molecular flexibility index (Phi) is 3.56. The Bertz CT molecular complexity index is 1200. The van der Waals surface area contributed by atoms with Gasteiger partial charge in [-0.25, -0.2) is 0 Å². The summed E-state index contributed by atoms with van der Waals surface area (Å²) in [5.41, 5.74) is -0.717. The lowest BCUT2D eigenvalue weighted by molar-refractivity contribution is -0.111. The van der Waals surface area contributed by atoms with E-state index in [2.05, 4.69) is 0 Å². The fraction of sp³-hybridized carbons (Fsp3) is 0. The molecule has 0 saturated heterocycles. The van der Waals surface area contributed by atoms with Crippen molar-refractivity contribution >= 4 is 34.2 Å². The third kappa shape index (κ3) is 2.31. The first-order chi connectivity index (χ1) is 12.9. The van der Waals surface area contributed by atoms with Crippen LogP contribution in [0.2, 0.25) is 0 Å². The van der Waals surface area contributed by atoms with E-state index in [-0.39, 0.29) is 27.5 Å². The van der Waals surface area contributed by atoms with Crippen molar-refractivity contribution in [1.82, 2.24) is 0 Å². The maximum Gasteiger partial charge on any atom is 0.237 e. The molecule has 0 radical (unpaired) electrons. The zero-order chi connectivity index (χ0) is 19.3. The fourth-order valence-corrected chi connectivity index (χ4v) is 3.19. The zero-order valence-corrected chi connectivity index (χ0v) is 13.8. The van der Waals surface area contributed by atoms with Crippen LogP contribution in [0.1, 0.15) is 26.3 Å². The van der Waals surface area contributed by atoms with E-state index in [1.54, 1.807) is 24.3 Å². The predicted molar refractivity (Wildman–Crippen MR) is 97.0 cm³/mol. The number of allylic oxidation sites excluding steroid dienone is 1. The minimum Gasteiger partial charge on any atom is -0.507 e. The first kappa shape index (κ1) is 16.5. The molecule has 0 aliphatic heterocycles. The summed E-state index contributed by atoms with van der Waals surface area (Å²) in [5.74, 6) is -4.18. The minimum absolute atomic E-state index is 0.0134. The van der Waals surface area contributed by atoms with Gasteiger partial charge in [0.2, 0.25) is 11.6 Å². The Labute approximate surface area is 152 Å². The molecule has 0 atom stereocenters. The summed E-state index contributed by atoms with van der Waals surface area (Å²) in [5, 5.41) is 31.4. The van der Waals surface area contributed by atoms with Crippen molar-refractivity contribution in [3.63, 3.8) is 0 Å². The number of ketones is 3. The number of aromatic hydroxyl groups is 3. The van der Waals surface area contributed by atoms with E-state index in [0.29, 0.717) is 0 Å². The number of Topliss-reactive ketones (excluding diaryl/α,β-unsaturated/α-hetero) is 3. The highest BCUT2D eigenvalue weighted by atomic mass is 16.3. The Morgan fingerprint density at radius 3 is 1.74 bits per heavy atom. The summed E-state index contributed by atoms with van der Waals surface area (Å²) >= 11 is 0. The van der Waals surface area contributed by atoms with Gasteiger partial charge in [-0.15, -0.1) is 0 Å². The van der Waals surface area contributed by atoms with E-state index in [1.807, 2.05) is 0 Å². The van der Waals surface area contributed by atoms with E-state index >= 15 is 0 Å². The number of hydrogen-bond acceptors (Lipinski definition) is 6. The number of benzene rings is 3. The third-order valence-corrected chi connectivity index (χ3v) is 4.57. The van der Waals surface area contributed by atoms with Crippen LogP contribution in [0.5, 0.6) is 17.2 Å². The van der Waals surface area contributed by atoms with Gasteiger partial charge in [0, 0.05) is 21.9 Å². The lowest BCUT2D eigenvalue weighted by Gasteiger charge is -2.16. The molecule has 0 aromatic heterocycles. The molecule has 0 fully saturated rings. The number of rotatable bonds is 1. The molecule has 3 aromatic rings. The molecule has 3 aromatic carbocycles. The van der Waals surface area contributed by atoms with E-state index < -0.39 is 40.2 Å². The van der Waals surface area contributed by atoms with Crippen LogP contribution in [-0.4, -0.2) is 32.7 Å². The topological polar surface area (TPSA) is 112 Å². The van der Waals surface area contributed by atoms with Crippen molar-refractivity contribution in [2.45, 2.75) is 0 Å². The number of phenols is 3. The molecule has 0 spiro atoms. The summed E-state index contributed by atoms with van der Waals surface area (Å²) in [6, 6.07) is 12.2. The van der Waals surface area contributed by atoms with Gasteiger partial charge in [0.1, 0.15) is 5.75 Å². The van der Waals surface area contributed by atoms with Crippen molar-refractivity contribution in [3.8, 4) is 17.2 Å². The summed E-state index contributed by atoms with van der Waals surface area (Å²) in [6.07, 6.45) is 0.940. The monoisotopic (exact) mass is 360 g/mol.